The molecule has 0 aliphatic heterocycles. The highest BCUT2D eigenvalue weighted by Crippen LogP contribution is 2.12. The van der Waals surface area contributed by atoms with Gasteiger partial charge in [0.2, 0.25) is 0 Å². The maximum Gasteiger partial charge on any atom is 0.119 e. The molecule has 2 N–H and O–H groups in total. The van der Waals surface area contributed by atoms with Gasteiger partial charge in [0.15, 0.2) is 0 Å². The van der Waals surface area contributed by atoms with Crippen LogP contribution in [0, 0.1) is 0 Å². The summed E-state index contributed by atoms with van der Waals surface area (Å²) in [5.41, 5.74) is 2.23. The summed E-state index contributed by atoms with van der Waals surface area (Å²) in [4.78, 5) is 0. The minimum atomic E-state index is 0.237. The van der Waals surface area contributed by atoms with E-state index in [1.807, 2.05) is 31.2 Å². The van der Waals surface area contributed by atoms with Crippen molar-refractivity contribution in [3.63, 3.8) is 0 Å². The van der Waals surface area contributed by atoms with E-state index in [2.05, 4.69) is 11.9 Å². The zero-order valence-electron chi connectivity index (χ0n) is 10.4. The van der Waals surface area contributed by atoms with Gasteiger partial charge >= 0.3 is 0 Å². The number of ether oxygens (including phenoxy) is 1. The van der Waals surface area contributed by atoms with Gasteiger partial charge in [-0.1, -0.05) is 18.7 Å². The van der Waals surface area contributed by atoms with Crippen molar-refractivity contribution in [1.82, 2.24) is 5.32 Å². The van der Waals surface area contributed by atoms with E-state index in [0.717, 1.165) is 30.8 Å². The van der Waals surface area contributed by atoms with Gasteiger partial charge in [0.25, 0.3) is 0 Å². The lowest BCUT2D eigenvalue weighted by atomic mass is 10.2. The maximum atomic E-state index is 8.64. The van der Waals surface area contributed by atoms with Crippen LogP contribution in [0.25, 0.3) is 0 Å². The first-order chi connectivity index (χ1) is 8.22. The molecule has 1 aromatic rings. The minimum Gasteiger partial charge on any atom is -0.489 e. The highest BCUT2D eigenvalue weighted by atomic mass is 16.5. The predicted molar refractivity (Wildman–Crippen MR) is 70.2 cm³/mol. The van der Waals surface area contributed by atoms with Crippen LogP contribution < -0.4 is 10.1 Å². The quantitative estimate of drug-likeness (QED) is 0.535. The van der Waals surface area contributed by atoms with Crippen LogP contribution in [0.2, 0.25) is 0 Å². The molecule has 3 heteroatoms. The van der Waals surface area contributed by atoms with Crippen LogP contribution in [0.1, 0.15) is 18.9 Å². The third-order valence-corrected chi connectivity index (χ3v) is 2.25. The van der Waals surface area contributed by atoms with Crippen LogP contribution in [-0.4, -0.2) is 24.9 Å². The summed E-state index contributed by atoms with van der Waals surface area (Å²) in [5, 5.41) is 11.9. The van der Waals surface area contributed by atoms with Gasteiger partial charge in [-0.3, -0.25) is 0 Å². The molecule has 0 spiro atoms. The van der Waals surface area contributed by atoms with Crippen LogP contribution in [0.15, 0.2) is 36.4 Å². The third-order valence-electron chi connectivity index (χ3n) is 2.25. The first-order valence-electron chi connectivity index (χ1n) is 5.90. The summed E-state index contributed by atoms with van der Waals surface area (Å²) in [5.74, 6) is 0.868. The van der Waals surface area contributed by atoms with Gasteiger partial charge in [-0.15, -0.1) is 0 Å². The van der Waals surface area contributed by atoms with Crippen LogP contribution in [0.4, 0.5) is 0 Å². The minimum absolute atomic E-state index is 0.237. The maximum absolute atomic E-state index is 8.64. The van der Waals surface area contributed by atoms with E-state index < -0.39 is 0 Å². The number of benzene rings is 1. The molecule has 17 heavy (non-hydrogen) atoms. The fourth-order valence-electron chi connectivity index (χ4n) is 1.35. The molecule has 0 radical (unpaired) electrons. The average Bonchev–Trinajstić information content (AvgIpc) is 2.33. The molecule has 0 aliphatic rings. The van der Waals surface area contributed by atoms with Crippen molar-refractivity contribution >= 4 is 0 Å². The molecule has 0 atom stereocenters. The molecule has 0 heterocycles. The summed E-state index contributed by atoms with van der Waals surface area (Å²) < 4.78 is 5.51. The summed E-state index contributed by atoms with van der Waals surface area (Å²) in [7, 11) is 0. The molecular weight excluding hydrogens is 214 g/mol. The molecule has 0 saturated carbocycles. The Morgan fingerprint density at radius 1 is 1.35 bits per heavy atom. The molecule has 0 amide bonds. The van der Waals surface area contributed by atoms with Gasteiger partial charge in [-0.05, 0) is 43.2 Å². The Labute approximate surface area is 103 Å². The fraction of sp³-hybridized carbons (Fsp3) is 0.429. The lowest BCUT2D eigenvalue weighted by Gasteiger charge is -2.07. The van der Waals surface area contributed by atoms with E-state index >= 15 is 0 Å². The third kappa shape index (κ3) is 6.09. The Kier molecular flexibility index (Phi) is 6.37. The molecule has 3 nitrogen and oxygen atoms in total. The highest BCUT2D eigenvalue weighted by molar-refractivity contribution is 5.27. The summed E-state index contributed by atoms with van der Waals surface area (Å²) in [6.07, 6.45) is 0.791. The zero-order valence-corrected chi connectivity index (χ0v) is 10.4. The molecular formula is C14H21NO2. The second kappa shape index (κ2) is 7.87. The second-order valence-electron chi connectivity index (χ2n) is 4.14. The number of rotatable bonds is 8. The van der Waals surface area contributed by atoms with Crippen molar-refractivity contribution < 1.29 is 9.84 Å². The first-order valence-corrected chi connectivity index (χ1v) is 5.90. The topological polar surface area (TPSA) is 41.5 Å². The summed E-state index contributed by atoms with van der Waals surface area (Å²) in [6, 6.07) is 8.01. The van der Waals surface area contributed by atoms with Crippen molar-refractivity contribution in [1.29, 1.82) is 0 Å². The zero-order chi connectivity index (χ0) is 12.5. The van der Waals surface area contributed by atoms with Gasteiger partial charge in [0.1, 0.15) is 12.4 Å². The van der Waals surface area contributed by atoms with Crippen LogP contribution in [-0.2, 0) is 6.54 Å². The predicted octanol–water partition coefficient (Wildman–Crippen LogP) is 2.11. The Morgan fingerprint density at radius 3 is 2.65 bits per heavy atom. The number of aliphatic hydroxyl groups excluding tert-OH is 1. The highest BCUT2D eigenvalue weighted by Gasteiger charge is 1.96. The van der Waals surface area contributed by atoms with Gasteiger partial charge in [0, 0.05) is 13.2 Å². The van der Waals surface area contributed by atoms with Gasteiger partial charge < -0.3 is 15.2 Å². The molecule has 1 rings (SSSR count). The molecule has 0 aromatic heterocycles. The smallest absolute Gasteiger partial charge is 0.119 e. The van der Waals surface area contributed by atoms with E-state index in [4.69, 9.17) is 9.84 Å². The molecule has 0 bridgehead atoms. The molecule has 0 fully saturated rings. The van der Waals surface area contributed by atoms with Gasteiger partial charge in [0.05, 0.1) is 0 Å². The molecule has 0 saturated heterocycles. The summed E-state index contributed by atoms with van der Waals surface area (Å²) >= 11 is 0. The van der Waals surface area contributed by atoms with E-state index in [1.54, 1.807) is 0 Å². The Balaban J connectivity index is 2.31. The number of hydrogen-bond donors (Lipinski definition) is 2. The Morgan fingerprint density at radius 2 is 2.06 bits per heavy atom. The molecule has 1 aromatic carbocycles. The number of hydrogen-bond acceptors (Lipinski definition) is 3. The fourth-order valence-corrected chi connectivity index (χ4v) is 1.35. The van der Waals surface area contributed by atoms with Crippen molar-refractivity contribution in [3.05, 3.63) is 42.0 Å². The van der Waals surface area contributed by atoms with E-state index in [1.165, 1.54) is 5.56 Å². The molecule has 0 unspecified atom stereocenters. The van der Waals surface area contributed by atoms with Crippen molar-refractivity contribution in [2.24, 2.45) is 0 Å². The molecule has 0 aliphatic carbocycles. The number of nitrogens with one attached hydrogen (secondary N) is 1. The number of aliphatic hydroxyl groups is 1. The Bertz CT molecular complexity index is 333. The Hall–Kier alpha value is -1.32. The van der Waals surface area contributed by atoms with Crippen LogP contribution in [0.3, 0.4) is 0 Å². The van der Waals surface area contributed by atoms with Crippen LogP contribution in [0.5, 0.6) is 5.75 Å². The van der Waals surface area contributed by atoms with E-state index in [0.29, 0.717) is 6.61 Å². The standard InChI is InChI=1S/C14H21NO2/c1-12(2)11-17-14-6-4-13(5-7-14)10-15-8-3-9-16/h4-7,15-16H,1,3,8-11H2,2H3. The normalized spacial score (nSPS) is 10.2. The SMILES string of the molecule is C=C(C)COc1ccc(CNCCCO)cc1. The lowest BCUT2D eigenvalue weighted by Crippen LogP contribution is -2.15. The van der Waals surface area contributed by atoms with E-state index in [-0.39, 0.29) is 6.61 Å². The largest absolute Gasteiger partial charge is 0.489 e. The van der Waals surface area contributed by atoms with E-state index in [9.17, 15) is 0 Å². The van der Waals surface area contributed by atoms with Gasteiger partial charge in [-0.2, -0.15) is 0 Å². The lowest BCUT2D eigenvalue weighted by molar-refractivity contribution is 0.286. The van der Waals surface area contributed by atoms with Gasteiger partial charge in [-0.25, -0.2) is 0 Å². The second-order valence-corrected chi connectivity index (χ2v) is 4.14. The van der Waals surface area contributed by atoms with Crippen molar-refractivity contribution in [2.75, 3.05) is 19.8 Å². The monoisotopic (exact) mass is 235 g/mol. The molecule has 94 valence electrons. The average molecular weight is 235 g/mol. The van der Waals surface area contributed by atoms with Crippen molar-refractivity contribution in [3.8, 4) is 5.75 Å². The van der Waals surface area contributed by atoms with Crippen molar-refractivity contribution in [2.45, 2.75) is 19.9 Å². The summed E-state index contributed by atoms with van der Waals surface area (Å²) in [6.45, 7) is 8.19. The van der Waals surface area contributed by atoms with Crippen LogP contribution >= 0.6 is 0 Å². The first kappa shape index (κ1) is 13.7.